The Labute approximate surface area is 193 Å². The molecule has 4 aromatic carbocycles. The van der Waals surface area contributed by atoms with E-state index in [0.717, 1.165) is 16.3 Å². The van der Waals surface area contributed by atoms with Crippen LogP contribution in [-0.2, 0) is 5.60 Å². The van der Waals surface area contributed by atoms with Crippen LogP contribution >= 0.6 is 0 Å². The lowest BCUT2D eigenvalue weighted by atomic mass is 9.83. The molecule has 7 heteroatoms. The highest BCUT2D eigenvalue weighted by Crippen LogP contribution is 2.48. The van der Waals surface area contributed by atoms with Crippen LogP contribution in [0.2, 0.25) is 0 Å². The van der Waals surface area contributed by atoms with E-state index >= 15 is 0 Å². The van der Waals surface area contributed by atoms with Crippen molar-refractivity contribution < 1.29 is 32.5 Å². The van der Waals surface area contributed by atoms with Gasteiger partial charge in [-0.1, -0.05) is 48.5 Å². The highest BCUT2D eigenvalue weighted by molar-refractivity contribution is 5.96. The Kier molecular flexibility index (Phi) is 5.12. The third kappa shape index (κ3) is 3.79. The maximum atomic E-state index is 12.6. The predicted molar refractivity (Wildman–Crippen MR) is 122 cm³/mol. The maximum Gasteiger partial charge on any atom is 0.573 e. The highest BCUT2D eigenvalue weighted by Gasteiger charge is 2.39. The number of phenolic OH excluding ortho intramolecular Hbond substituents is 1. The number of phenols is 1. The van der Waals surface area contributed by atoms with Crippen molar-refractivity contribution in [1.82, 2.24) is 0 Å². The molecule has 0 fully saturated rings. The van der Waals surface area contributed by atoms with Crippen molar-refractivity contribution in [3.8, 4) is 23.0 Å². The van der Waals surface area contributed by atoms with Crippen LogP contribution in [0.3, 0.4) is 0 Å². The molecule has 1 N–H and O–H groups in total. The van der Waals surface area contributed by atoms with E-state index in [1.807, 2.05) is 48.6 Å². The quantitative estimate of drug-likeness (QED) is 0.361. The molecule has 1 atom stereocenters. The molecule has 1 heterocycles. The Balaban J connectivity index is 1.67. The molecule has 172 valence electrons. The first-order valence-corrected chi connectivity index (χ1v) is 10.4. The number of aromatic hydroxyl groups is 1. The molecule has 34 heavy (non-hydrogen) atoms. The average Bonchev–Trinajstić information content (AvgIpc) is 2.83. The van der Waals surface area contributed by atoms with Crippen LogP contribution in [-0.4, -0.2) is 18.6 Å². The normalized spacial score (nSPS) is 17.2. The van der Waals surface area contributed by atoms with Crippen molar-refractivity contribution in [3.05, 3.63) is 102 Å². The molecule has 0 spiro atoms. The van der Waals surface area contributed by atoms with Crippen LogP contribution in [0, 0.1) is 0 Å². The van der Waals surface area contributed by atoms with Gasteiger partial charge in [-0.15, -0.1) is 13.2 Å². The molecule has 1 aliphatic heterocycles. The van der Waals surface area contributed by atoms with E-state index in [1.54, 1.807) is 25.3 Å². The second kappa shape index (κ2) is 8.02. The van der Waals surface area contributed by atoms with Crippen LogP contribution in [0.1, 0.15) is 16.7 Å². The van der Waals surface area contributed by atoms with Crippen LogP contribution in [0.25, 0.3) is 16.8 Å². The average molecular weight is 464 g/mol. The van der Waals surface area contributed by atoms with Crippen molar-refractivity contribution in [3.63, 3.8) is 0 Å². The fourth-order valence-electron chi connectivity index (χ4n) is 4.23. The van der Waals surface area contributed by atoms with Crippen LogP contribution < -0.4 is 14.2 Å². The lowest BCUT2D eigenvalue weighted by molar-refractivity contribution is -0.274. The number of alkyl halides is 3. The fourth-order valence-corrected chi connectivity index (χ4v) is 4.23. The Hall–Kier alpha value is -4.13. The van der Waals surface area contributed by atoms with Gasteiger partial charge in [0.05, 0.1) is 7.11 Å². The zero-order valence-corrected chi connectivity index (χ0v) is 18.0. The van der Waals surface area contributed by atoms with Gasteiger partial charge in [0, 0.05) is 16.7 Å². The molecule has 4 aromatic rings. The summed E-state index contributed by atoms with van der Waals surface area (Å²) >= 11 is 0. The van der Waals surface area contributed by atoms with Gasteiger partial charge in [-0.25, -0.2) is 0 Å². The van der Waals surface area contributed by atoms with Crippen molar-refractivity contribution >= 4 is 16.8 Å². The predicted octanol–water partition coefficient (Wildman–Crippen LogP) is 6.80. The molecule has 0 radical (unpaired) electrons. The second-order valence-electron chi connectivity index (χ2n) is 7.83. The molecule has 1 aliphatic rings. The molecule has 0 saturated carbocycles. The third-order valence-corrected chi connectivity index (χ3v) is 5.80. The molecule has 1 unspecified atom stereocenters. The van der Waals surface area contributed by atoms with Gasteiger partial charge in [-0.3, -0.25) is 0 Å². The summed E-state index contributed by atoms with van der Waals surface area (Å²) in [6, 6.07) is 21.9. The van der Waals surface area contributed by atoms with Crippen molar-refractivity contribution in [2.75, 3.05) is 7.11 Å². The Morgan fingerprint density at radius 3 is 2.09 bits per heavy atom. The van der Waals surface area contributed by atoms with Gasteiger partial charge >= 0.3 is 6.36 Å². The smallest absolute Gasteiger partial charge is 0.504 e. The number of hydrogen-bond donors (Lipinski definition) is 1. The lowest BCUT2D eigenvalue weighted by Gasteiger charge is -2.36. The van der Waals surface area contributed by atoms with Gasteiger partial charge in [0.2, 0.25) is 0 Å². The van der Waals surface area contributed by atoms with E-state index < -0.39 is 12.0 Å². The maximum absolute atomic E-state index is 12.6. The minimum atomic E-state index is -4.79. The van der Waals surface area contributed by atoms with Gasteiger partial charge in [0.15, 0.2) is 17.1 Å². The minimum Gasteiger partial charge on any atom is -0.504 e. The van der Waals surface area contributed by atoms with E-state index in [2.05, 4.69) is 4.74 Å². The summed E-state index contributed by atoms with van der Waals surface area (Å²) in [5.74, 6) is 0.553. The molecule has 0 aromatic heterocycles. The minimum absolute atomic E-state index is 0.0343. The van der Waals surface area contributed by atoms with E-state index in [-0.39, 0.29) is 17.2 Å². The van der Waals surface area contributed by atoms with Crippen molar-refractivity contribution in [2.24, 2.45) is 0 Å². The molecule has 0 saturated heterocycles. The monoisotopic (exact) mass is 464 g/mol. The molecule has 0 amide bonds. The first kappa shape index (κ1) is 21.7. The van der Waals surface area contributed by atoms with Gasteiger partial charge in [-0.2, -0.15) is 0 Å². The van der Waals surface area contributed by atoms with E-state index in [4.69, 9.17) is 9.47 Å². The first-order valence-electron chi connectivity index (χ1n) is 10.4. The number of methoxy groups -OCH3 is 1. The van der Waals surface area contributed by atoms with Gasteiger partial charge in [0.1, 0.15) is 11.5 Å². The van der Waals surface area contributed by atoms with Crippen LogP contribution in [0.4, 0.5) is 13.2 Å². The fraction of sp³-hybridized carbons (Fsp3) is 0.111. The summed E-state index contributed by atoms with van der Waals surface area (Å²) in [5, 5.41) is 12.6. The zero-order valence-electron chi connectivity index (χ0n) is 18.0. The largest absolute Gasteiger partial charge is 0.573 e. The first-order chi connectivity index (χ1) is 16.3. The molecule has 0 aliphatic carbocycles. The second-order valence-corrected chi connectivity index (χ2v) is 7.83. The zero-order chi connectivity index (χ0) is 23.9. The molecular weight excluding hydrogens is 445 g/mol. The third-order valence-electron chi connectivity index (χ3n) is 5.80. The number of ether oxygens (including phenoxy) is 3. The molecule has 5 rings (SSSR count). The number of halogens is 3. The number of fused-ring (bicyclic) bond motifs is 3. The van der Waals surface area contributed by atoms with Crippen LogP contribution in [0.15, 0.2) is 84.9 Å². The van der Waals surface area contributed by atoms with Crippen molar-refractivity contribution in [1.29, 1.82) is 0 Å². The van der Waals surface area contributed by atoms with Crippen LogP contribution in [0.5, 0.6) is 23.0 Å². The summed E-state index contributed by atoms with van der Waals surface area (Å²) in [6.07, 6.45) is -1.09. The van der Waals surface area contributed by atoms with E-state index in [1.165, 1.54) is 24.3 Å². The van der Waals surface area contributed by atoms with E-state index in [0.29, 0.717) is 16.9 Å². The number of hydrogen-bond acceptors (Lipinski definition) is 4. The molecular formula is C27H19F3O4. The number of benzene rings is 4. The summed E-state index contributed by atoms with van der Waals surface area (Å²) in [7, 11) is 1.56. The topological polar surface area (TPSA) is 47.9 Å². The SMILES string of the molecule is COc1ccc(C2(c3ccc(OC(F)(F)F)cc3)C=Cc3c(c(O)cc4ccccc34)O2)cc1. The Bertz CT molecular complexity index is 1380. The van der Waals surface area contributed by atoms with Gasteiger partial charge < -0.3 is 19.3 Å². The summed E-state index contributed by atoms with van der Waals surface area (Å²) in [5.41, 5.74) is 0.765. The Morgan fingerprint density at radius 2 is 1.47 bits per heavy atom. The van der Waals surface area contributed by atoms with Gasteiger partial charge in [-0.05, 0) is 53.3 Å². The summed E-state index contributed by atoms with van der Waals surface area (Å²) in [4.78, 5) is 0. The van der Waals surface area contributed by atoms with E-state index in [9.17, 15) is 18.3 Å². The molecule has 0 bridgehead atoms. The standard InChI is InChI=1S/C27H19F3O4/c1-32-20-10-6-18(7-11-20)26(19-8-12-21(13-9-19)33-27(28,29)30)15-14-23-22-5-3-2-4-17(22)16-24(31)25(23)34-26/h2-16,31H,1H3. The van der Waals surface area contributed by atoms with Crippen molar-refractivity contribution in [2.45, 2.75) is 12.0 Å². The van der Waals surface area contributed by atoms with Gasteiger partial charge in [0.25, 0.3) is 0 Å². The number of rotatable bonds is 4. The summed E-state index contributed by atoms with van der Waals surface area (Å²) < 4.78 is 53.7. The highest BCUT2D eigenvalue weighted by atomic mass is 19.4. The lowest BCUT2D eigenvalue weighted by Crippen LogP contribution is -2.34. The summed E-state index contributed by atoms with van der Waals surface area (Å²) in [6.45, 7) is 0. The Morgan fingerprint density at radius 1 is 0.853 bits per heavy atom. The molecule has 4 nitrogen and oxygen atoms in total.